The number of anilines is 1. The molecule has 7 nitrogen and oxygen atoms in total. The van der Waals surface area contributed by atoms with Crippen molar-refractivity contribution in [3.63, 3.8) is 0 Å². The molecule has 8 heteroatoms. The summed E-state index contributed by atoms with van der Waals surface area (Å²) in [5, 5.41) is 6.76. The Hall–Kier alpha value is -3.23. The summed E-state index contributed by atoms with van der Waals surface area (Å²) in [7, 11) is 0. The van der Waals surface area contributed by atoms with E-state index in [1.54, 1.807) is 0 Å². The summed E-state index contributed by atoms with van der Waals surface area (Å²) in [5.74, 6) is 0.509. The number of pyridine rings is 1. The Bertz CT molecular complexity index is 1340. The fourth-order valence-electron chi connectivity index (χ4n) is 4.77. The summed E-state index contributed by atoms with van der Waals surface area (Å²) in [6.07, 6.45) is 5.59. The smallest absolute Gasteiger partial charge is 0.261 e. The first-order valence-electron chi connectivity index (χ1n) is 14.1. The van der Waals surface area contributed by atoms with Gasteiger partial charge in [-0.05, 0) is 72.3 Å². The number of benzene rings is 1. The topological polar surface area (TPSA) is 123 Å². The molecule has 0 bridgehead atoms. The van der Waals surface area contributed by atoms with E-state index in [-0.39, 0.29) is 17.2 Å². The maximum absolute atomic E-state index is 12.1. The number of amides is 2. The number of fused-ring (bicyclic) bond motifs is 2. The Morgan fingerprint density at radius 2 is 1.82 bits per heavy atom. The Labute approximate surface area is 242 Å². The van der Waals surface area contributed by atoms with Gasteiger partial charge in [-0.1, -0.05) is 59.7 Å². The Balaban J connectivity index is 0.000000232. The number of carbonyl (C=O) groups is 2. The van der Waals surface area contributed by atoms with Gasteiger partial charge in [0.2, 0.25) is 0 Å². The summed E-state index contributed by atoms with van der Waals surface area (Å²) in [6, 6.07) is 13.6. The minimum absolute atomic E-state index is 0.0519. The highest BCUT2D eigenvalue weighted by Gasteiger charge is 2.30. The summed E-state index contributed by atoms with van der Waals surface area (Å²) in [6.45, 7) is 14.0. The molecule has 1 atom stereocenters. The van der Waals surface area contributed by atoms with Crippen LogP contribution in [-0.4, -0.2) is 29.9 Å². The highest BCUT2D eigenvalue weighted by atomic mass is 32.1. The standard InChI is InChI=1S/C18H25N3OS.C14H20N2O/c1-18(2,3)13-4-5-14-11(9-13)8-12-10-15(23-17(12)21-14)16(22)20-7-6-19;1-4-14(2,3)12(10-15)13(17)16-11-8-6-5-7-9-11/h8,10,13H,4-7,9,19H2,1-3H3,(H,20,22);5-10H,4,15H2,1-3H3,(H,16,17)/b;12-10-. The van der Waals surface area contributed by atoms with Crippen molar-refractivity contribution in [1.29, 1.82) is 0 Å². The molecule has 2 aromatic heterocycles. The minimum Gasteiger partial charge on any atom is -0.404 e. The van der Waals surface area contributed by atoms with Crippen LogP contribution in [0.5, 0.6) is 0 Å². The van der Waals surface area contributed by atoms with Crippen molar-refractivity contribution >= 4 is 39.1 Å². The molecule has 3 aromatic rings. The van der Waals surface area contributed by atoms with E-state index in [1.165, 1.54) is 35.2 Å². The third kappa shape index (κ3) is 7.92. The third-order valence-corrected chi connectivity index (χ3v) is 8.85. The molecule has 1 unspecified atom stereocenters. The molecule has 40 heavy (non-hydrogen) atoms. The van der Waals surface area contributed by atoms with E-state index < -0.39 is 0 Å². The van der Waals surface area contributed by atoms with E-state index in [2.05, 4.69) is 37.5 Å². The summed E-state index contributed by atoms with van der Waals surface area (Å²) in [4.78, 5) is 30.7. The number of aryl methyl sites for hydroxylation is 1. The number of para-hydroxylation sites is 1. The third-order valence-electron chi connectivity index (χ3n) is 7.81. The van der Waals surface area contributed by atoms with Crippen LogP contribution in [0.3, 0.4) is 0 Å². The maximum Gasteiger partial charge on any atom is 0.261 e. The van der Waals surface area contributed by atoms with E-state index in [0.717, 1.165) is 40.0 Å². The number of hydrogen-bond acceptors (Lipinski definition) is 6. The van der Waals surface area contributed by atoms with Gasteiger partial charge in [0.1, 0.15) is 4.83 Å². The van der Waals surface area contributed by atoms with Gasteiger partial charge in [0.05, 0.1) is 4.88 Å². The number of aromatic nitrogens is 1. The Morgan fingerprint density at radius 1 is 1.12 bits per heavy atom. The number of nitrogens with zero attached hydrogens (tertiary/aromatic N) is 1. The van der Waals surface area contributed by atoms with Gasteiger partial charge < -0.3 is 22.1 Å². The van der Waals surface area contributed by atoms with Crippen molar-refractivity contribution < 1.29 is 9.59 Å². The minimum atomic E-state index is -0.215. The van der Waals surface area contributed by atoms with Gasteiger partial charge in [-0.3, -0.25) is 9.59 Å². The molecule has 2 heterocycles. The summed E-state index contributed by atoms with van der Waals surface area (Å²) < 4.78 is 0. The SMILES string of the molecule is CC(C)(C)C1CCc2nc3sc(C(=O)NCCN)cc3cc2C1.CCC(C)(C)/C(=C\N)C(=O)Nc1ccccc1. The predicted octanol–water partition coefficient (Wildman–Crippen LogP) is 6.04. The number of rotatable bonds is 7. The van der Waals surface area contributed by atoms with Crippen LogP contribution in [0.4, 0.5) is 5.69 Å². The van der Waals surface area contributed by atoms with E-state index in [0.29, 0.717) is 30.0 Å². The lowest BCUT2D eigenvalue weighted by Crippen LogP contribution is -2.28. The second-order valence-electron chi connectivity index (χ2n) is 12.1. The van der Waals surface area contributed by atoms with Gasteiger partial charge in [0, 0.05) is 41.6 Å². The van der Waals surface area contributed by atoms with Crippen molar-refractivity contribution in [2.24, 2.45) is 28.2 Å². The molecule has 216 valence electrons. The van der Waals surface area contributed by atoms with Crippen LogP contribution >= 0.6 is 11.3 Å². The molecule has 1 aliphatic carbocycles. The molecular weight excluding hydrogens is 518 g/mol. The van der Waals surface area contributed by atoms with Gasteiger partial charge in [-0.2, -0.15) is 0 Å². The zero-order valence-electron chi connectivity index (χ0n) is 24.8. The normalized spacial score (nSPS) is 15.6. The zero-order chi connectivity index (χ0) is 29.5. The van der Waals surface area contributed by atoms with Crippen LogP contribution in [0.1, 0.15) is 75.3 Å². The average Bonchev–Trinajstić information content (AvgIpc) is 3.33. The molecule has 1 aromatic carbocycles. The molecule has 0 saturated carbocycles. The van der Waals surface area contributed by atoms with Crippen LogP contribution in [0.15, 0.2) is 54.2 Å². The fourth-order valence-corrected chi connectivity index (χ4v) is 5.72. The number of nitrogens with two attached hydrogens (primary N) is 2. The van der Waals surface area contributed by atoms with E-state index >= 15 is 0 Å². The van der Waals surface area contributed by atoms with Crippen molar-refractivity contribution in [2.45, 2.75) is 67.2 Å². The highest BCUT2D eigenvalue weighted by molar-refractivity contribution is 7.20. The van der Waals surface area contributed by atoms with E-state index in [9.17, 15) is 9.59 Å². The van der Waals surface area contributed by atoms with Crippen LogP contribution < -0.4 is 22.1 Å². The van der Waals surface area contributed by atoms with E-state index in [1.807, 2.05) is 57.2 Å². The second kappa shape index (κ2) is 13.4. The molecule has 6 N–H and O–H groups in total. The largest absolute Gasteiger partial charge is 0.404 e. The van der Waals surface area contributed by atoms with Crippen molar-refractivity contribution in [2.75, 3.05) is 18.4 Å². The monoisotopic (exact) mass is 563 g/mol. The lowest BCUT2D eigenvalue weighted by molar-refractivity contribution is -0.113. The molecule has 4 rings (SSSR count). The van der Waals surface area contributed by atoms with Gasteiger partial charge in [-0.25, -0.2) is 4.98 Å². The van der Waals surface area contributed by atoms with Crippen LogP contribution in [0, 0.1) is 16.7 Å². The van der Waals surface area contributed by atoms with Gasteiger partial charge in [0.25, 0.3) is 11.8 Å². The van der Waals surface area contributed by atoms with Gasteiger partial charge >= 0.3 is 0 Å². The van der Waals surface area contributed by atoms with Crippen LogP contribution in [-0.2, 0) is 17.6 Å². The first-order chi connectivity index (χ1) is 18.9. The molecule has 0 saturated heterocycles. The number of carbonyl (C=O) groups excluding carboxylic acids is 2. The highest BCUT2D eigenvalue weighted by Crippen LogP contribution is 2.38. The Morgan fingerprint density at radius 3 is 2.42 bits per heavy atom. The van der Waals surface area contributed by atoms with Crippen molar-refractivity contribution in [3.8, 4) is 0 Å². The Kier molecular flexibility index (Phi) is 10.5. The molecular formula is C32H45N5O2S. The van der Waals surface area contributed by atoms with Crippen molar-refractivity contribution in [1.82, 2.24) is 10.3 Å². The van der Waals surface area contributed by atoms with Gasteiger partial charge in [-0.15, -0.1) is 11.3 Å². The molecule has 0 spiro atoms. The van der Waals surface area contributed by atoms with Crippen LogP contribution in [0.2, 0.25) is 0 Å². The quantitative estimate of drug-likeness (QED) is 0.261. The maximum atomic E-state index is 12.1. The second-order valence-corrected chi connectivity index (χ2v) is 13.1. The fraction of sp³-hybridized carbons (Fsp3) is 0.469. The first-order valence-corrected chi connectivity index (χ1v) is 14.9. The van der Waals surface area contributed by atoms with Gasteiger partial charge in [0.15, 0.2) is 0 Å². The summed E-state index contributed by atoms with van der Waals surface area (Å²) >= 11 is 1.47. The lowest BCUT2D eigenvalue weighted by Gasteiger charge is -2.34. The number of nitrogens with one attached hydrogen (secondary N) is 2. The van der Waals surface area contributed by atoms with Crippen molar-refractivity contribution in [3.05, 3.63) is 70.4 Å². The molecule has 2 amide bonds. The first kappa shape index (κ1) is 31.3. The van der Waals surface area contributed by atoms with E-state index in [4.69, 9.17) is 16.5 Å². The molecule has 0 aliphatic heterocycles. The summed E-state index contributed by atoms with van der Waals surface area (Å²) in [5.41, 5.74) is 15.1. The predicted molar refractivity (Wildman–Crippen MR) is 167 cm³/mol. The zero-order valence-corrected chi connectivity index (χ0v) is 25.6. The number of hydrogen-bond donors (Lipinski definition) is 4. The lowest BCUT2D eigenvalue weighted by atomic mass is 9.71. The average molecular weight is 564 g/mol. The number of thiophene rings is 1. The van der Waals surface area contributed by atoms with Crippen LogP contribution in [0.25, 0.3) is 10.2 Å². The molecule has 1 aliphatic rings. The molecule has 0 fully saturated rings. The molecule has 0 radical (unpaired) electrons.